The number of ether oxygens (including phenoxy) is 5. The third-order valence-electron chi connectivity index (χ3n) is 17.2. The number of fused-ring (bicyclic) bond motifs is 3. The molecule has 404 valence electrons. The largest absolute Gasteiger partial charge is 0.456 e. The van der Waals surface area contributed by atoms with Gasteiger partial charge in [0.05, 0.1) is 24.4 Å². The van der Waals surface area contributed by atoms with Crippen molar-refractivity contribution in [2.24, 2.45) is 35.5 Å². The summed E-state index contributed by atoms with van der Waals surface area (Å²) in [5.74, 6) is -7.23. The molecule has 3 heterocycles. The first-order valence-corrected chi connectivity index (χ1v) is 29.9. The van der Waals surface area contributed by atoms with Crippen LogP contribution in [0.25, 0.3) is 0 Å². The minimum absolute atomic E-state index is 0.00911. The van der Waals surface area contributed by atoms with Crippen LogP contribution in [-0.4, -0.2) is 124 Å². The molecule has 14 heteroatoms. The number of esters is 1. The van der Waals surface area contributed by atoms with Crippen molar-refractivity contribution in [3.63, 3.8) is 0 Å². The van der Waals surface area contributed by atoms with Crippen molar-refractivity contribution < 1.29 is 57.2 Å². The predicted molar refractivity (Wildman–Crippen MR) is 281 cm³/mol. The fourth-order valence-electron chi connectivity index (χ4n) is 12.0. The Morgan fingerprint density at radius 2 is 1.53 bits per heavy atom. The van der Waals surface area contributed by atoms with Gasteiger partial charge >= 0.3 is 5.97 Å². The highest BCUT2D eigenvalue weighted by Crippen LogP contribution is 2.44. The van der Waals surface area contributed by atoms with Crippen LogP contribution in [-0.2, 0) is 52.1 Å². The average Bonchev–Trinajstić information content (AvgIpc) is 3.33. The van der Waals surface area contributed by atoms with Crippen LogP contribution in [0.3, 0.4) is 0 Å². The number of cyclic esters (lactones) is 1. The third-order valence-corrected chi connectivity index (χ3v) is 21.7. The predicted octanol–water partition coefficient (Wildman–Crippen LogP) is 10.1. The second kappa shape index (κ2) is 25.4. The molecule has 72 heavy (non-hydrogen) atoms. The van der Waals surface area contributed by atoms with Gasteiger partial charge in [-0.15, -0.1) is 0 Å². The Hall–Kier alpha value is -3.37. The lowest BCUT2D eigenvalue weighted by Gasteiger charge is -2.47. The van der Waals surface area contributed by atoms with Crippen molar-refractivity contribution in [1.29, 1.82) is 0 Å². The van der Waals surface area contributed by atoms with Crippen LogP contribution in [0.15, 0.2) is 53.6 Å². The van der Waals surface area contributed by atoms with Crippen molar-refractivity contribution in [2.45, 2.75) is 212 Å². The first kappa shape index (κ1) is 59.5. The number of carbonyl (C=O) groups excluding carboxylic acids is 5. The van der Waals surface area contributed by atoms with Gasteiger partial charge in [0.2, 0.25) is 5.79 Å². The number of rotatable bonds is 11. The number of piperidine rings is 1. The minimum atomic E-state index is -2.57. The van der Waals surface area contributed by atoms with Crippen LogP contribution >= 0.6 is 0 Å². The molecule has 13 nitrogen and oxygen atoms in total. The molecule has 15 unspecified atom stereocenters. The molecule has 1 N–H and O–H groups in total. The molecule has 4 aliphatic rings. The second-order valence-electron chi connectivity index (χ2n) is 23.6. The van der Waals surface area contributed by atoms with Gasteiger partial charge in [-0.05, 0) is 132 Å². The number of benzene rings is 1. The summed E-state index contributed by atoms with van der Waals surface area (Å²) in [6, 6.07) is 8.76. The second-order valence-corrected chi connectivity index (χ2v) is 28.4. The minimum Gasteiger partial charge on any atom is -0.456 e. The van der Waals surface area contributed by atoms with Crippen molar-refractivity contribution in [3.05, 3.63) is 59.2 Å². The number of allylic oxidation sites excluding steroid dienone is 3. The van der Waals surface area contributed by atoms with Crippen molar-refractivity contribution in [2.75, 3.05) is 27.9 Å². The molecule has 0 spiro atoms. The number of ketones is 3. The summed E-state index contributed by atoms with van der Waals surface area (Å²) in [5, 5.41) is 12.1. The van der Waals surface area contributed by atoms with Gasteiger partial charge in [0.15, 0.2) is 8.32 Å². The molecule has 15 atom stereocenters. The molecule has 1 saturated carbocycles. The van der Waals surface area contributed by atoms with Gasteiger partial charge in [0, 0.05) is 58.0 Å². The molecule has 1 amide bonds. The molecule has 1 aromatic rings. The maximum absolute atomic E-state index is 15.0. The molecule has 2 saturated heterocycles. The van der Waals surface area contributed by atoms with Crippen molar-refractivity contribution in [3.8, 4) is 0 Å². The number of hydrogen-bond donors (Lipinski definition) is 1. The Kier molecular flexibility index (Phi) is 21.0. The molecule has 5 rings (SSSR count). The summed E-state index contributed by atoms with van der Waals surface area (Å²) >= 11 is 0. The average molecular weight is 1020 g/mol. The maximum Gasteiger partial charge on any atom is 0.329 e. The molecular weight excluding hydrogens is 931 g/mol. The number of aliphatic hydroxyl groups is 1. The van der Waals surface area contributed by atoms with Crippen molar-refractivity contribution >= 4 is 37.5 Å². The quantitative estimate of drug-likeness (QED) is 0.0967. The van der Waals surface area contributed by atoms with Gasteiger partial charge in [-0.2, -0.15) is 0 Å². The van der Waals surface area contributed by atoms with E-state index in [4.69, 9.17) is 28.1 Å². The molecule has 0 aromatic heterocycles. The maximum atomic E-state index is 15.0. The monoisotopic (exact) mass is 1020 g/mol. The number of nitrogens with zero attached hydrogens (tertiary/aromatic N) is 1. The first-order chi connectivity index (χ1) is 33.8. The molecular formula is C58H91NO12Si. The van der Waals surface area contributed by atoms with E-state index in [9.17, 15) is 24.3 Å². The van der Waals surface area contributed by atoms with Crippen LogP contribution in [0.2, 0.25) is 18.1 Å². The Morgan fingerprint density at radius 1 is 0.889 bits per heavy atom. The summed E-state index contributed by atoms with van der Waals surface area (Å²) in [6.45, 7) is 24.4. The number of carbonyl (C=O) groups is 5. The van der Waals surface area contributed by atoms with Crippen molar-refractivity contribution in [1.82, 2.24) is 4.90 Å². The summed E-state index contributed by atoms with van der Waals surface area (Å²) in [5.41, 5.74) is 2.80. The fraction of sp³-hybridized carbons (Fsp3) is 0.741. The van der Waals surface area contributed by atoms with E-state index in [0.717, 1.165) is 29.6 Å². The highest BCUT2D eigenvalue weighted by atomic mass is 28.4. The Morgan fingerprint density at radius 3 is 2.12 bits per heavy atom. The van der Waals surface area contributed by atoms with Crippen LogP contribution in [0.4, 0.5) is 0 Å². The topological polar surface area (TPSA) is 164 Å². The Balaban J connectivity index is 1.62. The lowest BCUT2D eigenvalue weighted by atomic mass is 9.70. The molecule has 1 aromatic carbocycles. The Bertz CT molecular complexity index is 2080. The molecule has 1 aliphatic carbocycles. The lowest BCUT2D eigenvalue weighted by Crippen LogP contribution is -2.64. The van der Waals surface area contributed by atoms with Crippen LogP contribution in [0, 0.1) is 35.5 Å². The van der Waals surface area contributed by atoms with E-state index in [1.165, 1.54) is 4.90 Å². The third kappa shape index (κ3) is 13.9. The summed E-state index contributed by atoms with van der Waals surface area (Å²) < 4.78 is 38.5. The number of amides is 1. The summed E-state index contributed by atoms with van der Waals surface area (Å²) in [7, 11) is 2.25. The van der Waals surface area contributed by atoms with E-state index >= 15 is 4.79 Å². The van der Waals surface area contributed by atoms with Gasteiger partial charge in [0.1, 0.15) is 29.8 Å². The number of hydrogen-bond acceptors (Lipinski definition) is 12. The van der Waals surface area contributed by atoms with Gasteiger partial charge < -0.3 is 38.1 Å². The van der Waals surface area contributed by atoms with Gasteiger partial charge in [-0.1, -0.05) is 96.5 Å². The van der Waals surface area contributed by atoms with E-state index < -0.39 is 80.2 Å². The highest BCUT2D eigenvalue weighted by Gasteiger charge is 2.57. The first-order valence-electron chi connectivity index (χ1n) is 27.0. The molecule has 3 fully saturated rings. The zero-order chi connectivity index (χ0) is 53.5. The summed E-state index contributed by atoms with van der Waals surface area (Å²) in [4.78, 5) is 73.6. The lowest BCUT2D eigenvalue weighted by molar-refractivity contribution is -0.302. The molecule has 0 radical (unpaired) electrons. The SMILES string of the molecule is CCC1C=C(C)CC(C)CC(OC)C2OC(O)(C(=O)C(=O)N3CCCCC3C(=O)OC(C(C)=CC3CCC(C(C(C)=O)c4ccccc4)C(OC)C3)C(C)C(O[Si](C)(C)C(C)(C)C)CC1=O)C(C)CC2OC. The normalized spacial score (nSPS) is 35.1. The zero-order valence-corrected chi connectivity index (χ0v) is 47.5. The van der Waals surface area contributed by atoms with Crippen LogP contribution < -0.4 is 0 Å². The van der Waals surface area contributed by atoms with Gasteiger partial charge in [-0.25, -0.2) is 4.79 Å². The smallest absolute Gasteiger partial charge is 0.329 e. The van der Waals surface area contributed by atoms with E-state index in [1.54, 1.807) is 35.2 Å². The van der Waals surface area contributed by atoms with E-state index in [2.05, 4.69) is 52.9 Å². The number of Topliss-reactive ketones (excluding diaryl/α,β-unsaturated/α-hetero) is 3. The summed E-state index contributed by atoms with van der Waals surface area (Å²) in [6.07, 6.45) is 6.03. The van der Waals surface area contributed by atoms with E-state index in [1.807, 2.05) is 58.0 Å². The van der Waals surface area contributed by atoms with E-state index in [0.29, 0.717) is 38.5 Å². The molecule has 2 bridgehead atoms. The van der Waals surface area contributed by atoms with Gasteiger partial charge in [-0.3, -0.25) is 19.2 Å². The fourth-order valence-corrected chi connectivity index (χ4v) is 13.4. The van der Waals surface area contributed by atoms with Crippen LogP contribution in [0.5, 0.6) is 0 Å². The van der Waals surface area contributed by atoms with Gasteiger partial charge in [0.25, 0.3) is 11.7 Å². The van der Waals surface area contributed by atoms with Crippen LogP contribution in [0.1, 0.15) is 151 Å². The van der Waals surface area contributed by atoms with E-state index in [-0.39, 0.29) is 78.1 Å². The Labute approximate surface area is 433 Å². The standard InChI is InChI=1S/C58H91NO12Si/c1-16-42-29-35(2)28-36(3)30-49(67-12)53-50(68-13)32-38(5)58(65,70-53)54(62)55(63)59-27-21-20-24-45(59)56(64)69-52(39(6)47(34-46(42)61)71-72(14,15)57(8,9)10)37(4)31-41-25-26-44(48(33-41)66-11)51(40(7)60)43-22-18-17-19-23-43/h17-19,22-23,29,31,36,38-39,41-42,44-45,47-53,65H,16,20-21,24-28,30,32-34H2,1-15H3. The number of methoxy groups -OCH3 is 3. The zero-order valence-electron chi connectivity index (χ0n) is 46.5. The molecule has 3 aliphatic heterocycles. The highest BCUT2D eigenvalue weighted by molar-refractivity contribution is 6.74.